The maximum Gasteiger partial charge on any atom is 0.418 e. The molecule has 2 amide bonds. The van der Waals surface area contributed by atoms with Crippen molar-refractivity contribution >= 4 is 23.8 Å². The number of likely N-dealkylation sites (tertiary alicyclic amines) is 1. The van der Waals surface area contributed by atoms with Crippen LogP contribution in [0.25, 0.3) is 0 Å². The van der Waals surface area contributed by atoms with E-state index < -0.39 is 35.0 Å². The Kier molecular flexibility index (Phi) is 6.40. The van der Waals surface area contributed by atoms with Crippen LogP contribution in [0.5, 0.6) is 11.5 Å². The van der Waals surface area contributed by atoms with Crippen molar-refractivity contribution in [2.24, 2.45) is 0 Å². The Labute approximate surface area is 209 Å². The number of unbranched alkanes of at least 4 members (excludes halogenated alkanes) is 1. The fourth-order valence-electron chi connectivity index (χ4n) is 6.17. The Balaban J connectivity index is 1.21. The Bertz CT molecular complexity index is 1030. The summed E-state index contributed by atoms with van der Waals surface area (Å²) in [6.45, 7) is 4.59. The minimum atomic E-state index is -1.70. The van der Waals surface area contributed by atoms with E-state index in [-0.39, 0.29) is 25.4 Å². The predicted octanol–water partition coefficient (Wildman–Crippen LogP) is 1.62. The van der Waals surface area contributed by atoms with Crippen LogP contribution >= 0.6 is 0 Å². The van der Waals surface area contributed by atoms with E-state index in [1.54, 1.807) is 7.11 Å². The number of benzene rings is 1. The van der Waals surface area contributed by atoms with Gasteiger partial charge in [-0.25, -0.2) is 9.59 Å². The van der Waals surface area contributed by atoms with E-state index in [0.29, 0.717) is 19.4 Å². The molecule has 10 nitrogen and oxygen atoms in total. The third kappa shape index (κ3) is 3.65. The number of methoxy groups -OCH3 is 1. The molecule has 1 aromatic carbocycles. The number of amides is 2. The average molecular weight is 501 g/mol. The summed E-state index contributed by atoms with van der Waals surface area (Å²) >= 11 is 0. The summed E-state index contributed by atoms with van der Waals surface area (Å²) in [5.74, 6) is -1.87. The second kappa shape index (κ2) is 9.38. The first kappa shape index (κ1) is 24.5. The van der Waals surface area contributed by atoms with Crippen molar-refractivity contribution in [3.63, 3.8) is 0 Å². The van der Waals surface area contributed by atoms with Gasteiger partial charge in [0.15, 0.2) is 0 Å². The van der Waals surface area contributed by atoms with Crippen LogP contribution in [0.3, 0.4) is 0 Å². The molecule has 3 heterocycles. The number of rotatable bonds is 9. The molecule has 0 N–H and O–H groups in total. The predicted molar refractivity (Wildman–Crippen MR) is 125 cm³/mol. The van der Waals surface area contributed by atoms with Crippen molar-refractivity contribution in [2.45, 2.75) is 69.1 Å². The summed E-state index contributed by atoms with van der Waals surface area (Å²) in [7, 11) is 1.66. The van der Waals surface area contributed by atoms with Gasteiger partial charge in [0.25, 0.3) is 11.8 Å². The van der Waals surface area contributed by atoms with E-state index in [9.17, 15) is 19.2 Å². The highest BCUT2D eigenvalue weighted by Gasteiger charge is 2.79. The number of fused-ring (bicyclic) bond motifs is 1. The molecule has 0 radical (unpaired) electrons. The van der Waals surface area contributed by atoms with Gasteiger partial charge in [-0.15, -0.1) is 0 Å². The Hall–Kier alpha value is -3.14. The first-order valence-corrected chi connectivity index (χ1v) is 12.7. The zero-order chi connectivity index (χ0) is 25.5. The number of nitrogens with zero attached hydrogens (tertiary/aromatic N) is 2. The molecule has 4 aliphatic rings. The van der Waals surface area contributed by atoms with Crippen LogP contribution in [-0.4, -0.2) is 84.1 Å². The Morgan fingerprint density at radius 3 is 2.36 bits per heavy atom. The van der Waals surface area contributed by atoms with Gasteiger partial charge >= 0.3 is 11.9 Å². The molecule has 36 heavy (non-hydrogen) atoms. The Morgan fingerprint density at radius 2 is 1.72 bits per heavy atom. The van der Waals surface area contributed by atoms with Gasteiger partial charge in [0.05, 0.1) is 7.11 Å². The van der Waals surface area contributed by atoms with Crippen LogP contribution < -0.4 is 9.47 Å². The molecular formula is C26H32N2O8. The number of hydrogen-bond acceptors (Lipinski definition) is 9. The van der Waals surface area contributed by atoms with Gasteiger partial charge in [0.2, 0.25) is 11.2 Å². The molecule has 1 saturated carbocycles. The molecule has 3 unspecified atom stereocenters. The molecule has 2 saturated heterocycles. The van der Waals surface area contributed by atoms with Gasteiger partial charge < -0.3 is 18.9 Å². The molecular weight excluding hydrogens is 468 g/mol. The second-order valence-electron chi connectivity index (χ2n) is 9.90. The first-order chi connectivity index (χ1) is 17.4. The van der Waals surface area contributed by atoms with Gasteiger partial charge in [0, 0.05) is 31.0 Å². The third-order valence-corrected chi connectivity index (χ3v) is 7.88. The lowest BCUT2D eigenvalue weighted by Gasteiger charge is -2.37. The SMILES string of the molecule is CCCN(CCCCN1C(=O)C23CCCC2(OC(=O)C(=O)O3)C1=O)C1COc2cccc(OC)c2C1. The minimum absolute atomic E-state index is 0.185. The lowest BCUT2D eigenvalue weighted by molar-refractivity contribution is -0.222. The quantitative estimate of drug-likeness (QED) is 0.216. The maximum absolute atomic E-state index is 13.3. The largest absolute Gasteiger partial charge is 0.496 e. The van der Waals surface area contributed by atoms with E-state index >= 15 is 0 Å². The molecule has 10 heteroatoms. The molecule has 0 bridgehead atoms. The van der Waals surface area contributed by atoms with Crippen LogP contribution in [0.15, 0.2) is 18.2 Å². The zero-order valence-electron chi connectivity index (χ0n) is 20.7. The maximum atomic E-state index is 13.3. The van der Waals surface area contributed by atoms with Crippen molar-refractivity contribution < 1.29 is 38.1 Å². The molecule has 3 fully saturated rings. The topological polar surface area (TPSA) is 112 Å². The normalized spacial score (nSPS) is 28.9. The zero-order valence-corrected chi connectivity index (χ0v) is 20.7. The molecule has 5 rings (SSSR count). The Morgan fingerprint density at radius 1 is 1.03 bits per heavy atom. The molecule has 1 aromatic rings. The summed E-state index contributed by atoms with van der Waals surface area (Å²) in [6, 6.07) is 6.03. The number of hydrogen-bond donors (Lipinski definition) is 0. The van der Waals surface area contributed by atoms with Crippen molar-refractivity contribution in [3.8, 4) is 11.5 Å². The molecule has 3 aliphatic heterocycles. The van der Waals surface area contributed by atoms with E-state index in [2.05, 4.69) is 11.8 Å². The monoisotopic (exact) mass is 500 g/mol. The highest BCUT2D eigenvalue weighted by atomic mass is 16.7. The number of carbonyl (C=O) groups is 4. The van der Waals surface area contributed by atoms with Crippen molar-refractivity contribution in [3.05, 3.63) is 23.8 Å². The van der Waals surface area contributed by atoms with Crippen molar-refractivity contribution in [1.29, 1.82) is 0 Å². The lowest BCUT2D eigenvalue weighted by Crippen LogP contribution is -2.62. The standard InChI is InChI=1S/C26H32N2O8/c1-3-12-27(17-15-18-19(33-2)8-6-9-20(18)34-16-17)13-4-5-14-28-23(31)25-10-7-11-26(25,24(28)32)36-22(30)21(29)35-25/h6,8-9,17H,3-5,7,10-16H2,1-2H3. The summed E-state index contributed by atoms with van der Waals surface area (Å²) in [5, 5.41) is 0. The molecule has 194 valence electrons. The van der Waals surface area contributed by atoms with E-state index in [1.807, 2.05) is 18.2 Å². The summed E-state index contributed by atoms with van der Waals surface area (Å²) in [4.78, 5) is 53.8. The van der Waals surface area contributed by atoms with E-state index in [1.165, 1.54) is 0 Å². The smallest absolute Gasteiger partial charge is 0.418 e. The van der Waals surface area contributed by atoms with Crippen LogP contribution in [0.2, 0.25) is 0 Å². The second-order valence-corrected chi connectivity index (χ2v) is 9.90. The van der Waals surface area contributed by atoms with Crippen molar-refractivity contribution in [1.82, 2.24) is 9.80 Å². The van der Waals surface area contributed by atoms with Crippen LogP contribution in [0, 0.1) is 0 Å². The molecule has 3 atom stereocenters. The fourth-order valence-corrected chi connectivity index (χ4v) is 6.17. The summed E-state index contributed by atoms with van der Waals surface area (Å²) in [5.41, 5.74) is -2.33. The van der Waals surface area contributed by atoms with Gasteiger partial charge in [-0.1, -0.05) is 13.0 Å². The van der Waals surface area contributed by atoms with Crippen LogP contribution in [0.1, 0.15) is 51.0 Å². The van der Waals surface area contributed by atoms with E-state index in [0.717, 1.165) is 54.3 Å². The number of imide groups is 1. The highest BCUT2D eigenvalue weighted by molar-refractivity contribution is 6.33. The minimum Gasteiger partial charge on any atom is -0.496 e. The van der Waals surface area contributed by atoms with Crippen LogP contribution in [-0.2, 0) is 35.1 Å². The van der Waals surface area contributed by atoms with E-state index in [4.69, 9.17) is 18.9 Å². The van der Waals surface area contributed by atoms with Crippen molar-refractivity contribution in [2.75, 3.05) is 33.4 Å². The van der Waals surface area contributed by atoms with Gasteiger partial charge in [0.1, 0.15) is 18.1 Å². The fraction of sp³-hybridized carbons (Fsp3) is 0.615. The molecule has 0 spiro atoms. The number of carbonyl (C=O) groups excluding carboxylic acids is 4. The molecule has 0 aromatic heterocycles. The third-order valence-electron chi connectivity index (χ3n) is 7.88. The van der Waals surface area contributed by atoms with Gasteiger partial charge in [-0.2, -0.15) is 0 Å². The van der Waals surface area contributed by atoms with Gasteiger partial charge in [-0.05, 0) is 57.3 Å². The summed E-state index contributed by atoms with van der Waals surface area (Å²) in [6.07, 6.45) is 3.98. The molecule has 1 aliphatic carbocycles. The van der Waals surface area contributed by atoms with Crippen LogP contribution in [0.4, 0.5) is 0 Å². The average Bonchev–Trinajstić information content (AvgIpc) is 3.33. The number of esters is 2. The lowest BCUT2D eigenvalue weighted by atomic mass is 9.87. The highest BCUT2D eigenvalue weighted by Crippen LogP contribution is 2.53. The first-order valence-electron chi connectivity index (χ1n) is 12.7. The van der Waals surface area contributed by atoms with Gasteiger partial charge in [-0.3, -0.25) is 19.4 Å². The number of ether oxygens (including phenoxy) is 4. The summed E-state index contributed by atoms with van der Waals surface area (Å²) < 4.78 is 22.1.